The molecule has 0 saturated carbocycles. The summed E-state index contributed by atoms with van der Waals surface area (Å²) in [5, 5.41) is 6.91. The van der Waals surface area contributed by atoms with Gasteiger partial charge in [0.2, 0.25) is 0 Å². The third-order valence-corrected chi connectivity index (χ3v) is 4.55. The fourth-order valence-electron chi connectivity index (χ4n) is 3.19. The third kappa shape index (κ3) is 3.08. The number of para-hydroxylation sites is 2. The number of anilines is 2. The zero-order valence-electron chi connectivity index (χ0n) is 13.9. The van der Waals surface area contributed by atoms with E-state index in [2.05, 4.69) is 62.8 Å². The van der Waals surface area contributed by atoms with Crippen LogP contribution in [0.5, 0.6) is 0 Å². The molecule has 0 spiro atoms. The molecule has 3 N–H and O–H groups in total. The summed E-state index contributed by atoms with van der Waals surface area (Å²) in [4.78, 5) is 10.5. The highest BCUT2D eigenvalue weighted by Gasteiger charge is 2.12. The first kappa shape index (κ1) is 15.0. The predicted octanol–water partition coefficient (Wildman–Crippen LogP) is 3.15. The number of benzene rings is 2. The number of nitrogens with zero attached hydrogens (tertiary/aromatic N) is 2. The molecule has 24 heavy (non-hydrogen) atoms. The molecular formula is C19H23N5. The first-order valence-electron chi connectivity index (χ1n) is 8.56. The molecule has 1 unspecified atom stereocenters. The summed E-state index contributed by atoms with van der Waals surface area (Å²) in [6.45, 7) is 6.39. The van der Waals surface area contributed by atoms with Crippen molar-refractivity contribution in [1.29, 1.82) is 0 Å². The van der Waals surface area contributed by atoms with E-state index < -0.39 is 0 Å². The molecule has 1 aliphatic heterocycles. The van der Waals surface area contributed by atoms with Crippen LogP contribution in [0.4, 0.5) is 11.4 Å². The van der Waals surface area contributed by atoms with Gasteiger partial charge in [-0.2, -0.15) is 0 Å². The minimum Gasteiger partial charge on any atom is -0.375 e. The van der Waals surface area contributed by atoms with Crippen LogP contribution >= 0.6 is 0 Å². The average molecular weight is 321 g/mol. The maximum atomic E-state index is 4.67. The van der Waals surface area contributed by atoms with Crippen LogP contribution in [-0.2, 0) is 0 Å². The molecule has 124 valence electrons. The zero-order chi connectivity index (χ0) is 16.4. The Bertz CT molecular complexity index is 769. The SMILES string of the molecule is CC(Nc1ccc(N2CCNCC2)cc1)c1nc2ccccc2[nH]1. The number of nitrogens with one attached hydrogen (secondary N) is 3. The first-order valence-corrected chi connectivity index (χ1v) is 8.56. The largest absolute Gasteiger partial charge is 0.375 e. The minimum absolute atomic E-state index is 0.127. The van der Waals surface area contributed by atoms with Crippen LogP contribution in [0, 0.1) is 0 Å². The van der Waals surface area contributed by atoms with Crippen LogP contribution in [0.3, 0.4) is 0 Å². The van der Waals surface area contributed by atoms with Gasteiger partial charge in [-0.25, -0.2) is 4.98 Å². The number of hydrogen-bond donors (Lipinski definition) is 3. The van der Waals surface area contributed by atoms with E-state index in [1.165, 1.54) is 5.69 Å². The van der Waals surface area contributed by atoms with E-state index in [9.17, 15) is 0 Å². The van der Waals surface area contributed by atoms with Crippen molar-refractivity contribution in [3.63, 3.8) is 0 Å². The van der Waals surface area contributed by atoms with Gasteiger partial charge in [0, 0.05) is 37.6 Å². The van der Waals surface area contributed by atoms with E-state index in [4.69, 9.17) is 0 Å². The van der Waals surface area contributed by atoms with Crippen molar-refractivity contribution in [2.75, 3.05) is 36.4 Å². The molecule has 5 heteroatoms. The second kappa shape index (κ2) is 6.53. The van der Waals surface area contributed by atoms with E-state index >= 15 is 0 Å². The highest BCUT2D eigenvalue weighted by atomic mass is 15.2. The Kier molecular flexibility index (Phi) is 4.09. The topological polar surface area (TPSA) is 56.0 Å². The van der Waals surface area contributed by atoms with E-state index in [1.807, 2.05) is 18.2 Å². The second-order valence-corrected chi connectivity index (χ2v) is 6.29. The predicted molar refractivity (Wildman–Crippen MR) is 99.7 cm³/mol. The third-order valence-electron chi connectivity index (χ3n) is 4.55. The summed E-state index contributed by atoms with van der Waals surface area (Å²) >= 11 is 0. The summed E-state index contributed by atoms with van der Waals surface area (Å²) < 4.78 is 0. The van der Waals surface area contributed by atoms with E-state index in [0.717, 1.165) is 48.7 Å². The lowest BCUT2D eigenvalue weighted by atomic mass is 10.2. The number of fused-ring (bicyclic) bond motifs is 1. The van der Waals surface area contributed by atoms with Crippen LogP contribution in [0.1, 0.15) is 18.8 Å². The van der Waals surface area contributed by atoms with E-state index in [1.54, 1.807) is 0 Å². The molecule has 0 amide bonds. The molecule has 1 aliphatic rings. The molecule has 1 aromatic heterocycles. The van der Waals surface area contributed by atoms with Crippen molar-refractivity contribution in [3.05, 3.63) is 54.4 Å². The summed E-state index contributed by atoms with van der Waals surface area (Å²) in [5.74, 6) is 0.961. The monoisotopic (exact) mass is 321 g/mol. The highest BCUT2D eigenvalue weighted by molar-refractivity contribution is 5.75. The lowest BCUT2D eigenvalue weighted by Crippen LogP contribution is -2.43. The molecule has 4 rings (SSSR count). The lowest BCUT2D eigenvalue weighted by molar-refractivity contribution is 0.589. The van der Waals surface area contributed by atoms with Crippen molar-refractivity contribution in [1.82, 2.24) is 15.3 Å². The molecule has 3 aromatic rings. The number of piperazine rings is 1. The number of H-pyrrole nitrogens is 1. The van der Waals surface area contributed by atoms with Gasteiger partial charge in [-0.3, -0.25) is 0 Å². The Hall–Kier alpha value is -2.53. The summed E-state index contributed by atoms with van der Waals surface area (Å²) in [5.41, 5.74) is 4.49. The first-order chi connectivity index (χ1) is 11.8. The summed E-state index contributed by atoms with van der Waals surface area (Å²) in [6.07, 6.45) is 0. The number of aromatic nitrogens is 2. The molecule has 0 bridgehead atoms. The minimum atomic E-state index is 0.127. The molecule has 5 nitrogen and oxygen atoms in total. The Morgan fingerprint density at radius 2 is 1.79 bits per heavy atom. The van der Waals surface area contributed by atoms with Crippen LogP contribution in [0.15, 0.2) is 48.5 Å². The van der Waals surface area contributed by atoms with Crippen molar-refractivity contribution in [2.24, 2.45) is 0 Å². The second-order valence-electron chi connectivity index (χ2n) is 6.29. The van der Waals surface area contributed by atoms with E-state index in [0.29, 0.717) is 0 Å². The molecule has 1 saturated heterocycles. The molecule has 1 atom stereocenters. The Morgan fingerprint density at radius 1 is 1.04 bits per heavy atom. The number of rotatable bonds is 4. The van der Waals surface area contributed by atoms with E-state index in [-0.39, 0.29) is 6.04 Å². The zero-order valence-corrected chi connectivity index (χ0v) is 13.9. The fraction of sp³-hybridized carbons (Fsp3) is 0.316. The summed E-state index contributed by atoms with van der Waals surface area (Å²) in [6, 6.07) is 16.9. The van der Waals surface area contributed by atoms with Crippen molar-refractivity contribution < 1.29 is 0 Å². The normalized spacial score (nSPS) is 16.3. The van der Waals surface area contributed by atoms with Crippen LogP contribution < -0.4 is 15.5 Å². The maximum Gasteiger partial charge on any atom is 0.129 e. The van der Waals surface area contributed by atoms with Gasteiger partial charge in [0.1, 0.15) is 5.82 Å². The van der Waals surface area contributed by atoms with Gasteiger partial charge in [0.15, 0.2) is 0 Å². The average Bonchev–Trinajstić information content (AvgIpc) is 3.07. The van der Waals surface area contributed by atoms with Gasteiger partial charge in [0.05, 0.1) is 17.1 Å². The molecule has 2 heterocycles. The number of hydrogen-bond acceptors (Lipinski definition) is 4. The van der Waals surface area contributed by atoms with Gasteiger partial charge in [0.25, 0.3) is 0 Å². The Balaban J connectivity index is 1.46. The van der Waals surface area contributed by atoms with Gasteiger partial charge in [-0.15, -0.1) is 0 Å². The molecule has 0 aliphatic carbocycles. The van der Waals surface area contributed by atoms with Crippen LogP contribution in [0.25, 0.3) is 11.0 Å². The Morgan fingerprint density at radius 3 is 2.54 bits per heavy atom. The maximum absolute atomic E-state index is 4.67. The standard InChI is InChI=1S/C19H23N5/c1-14(19-22-17-4-2-3-5-18(17)23-19)21-15-6-8-16(9-7-15)24-12-10-20-11-13-24/h2-9,14,20-21H,10-13H2,1H3,(H,22,23). The van der Waals surface area contributed by atoms with Crippen molar-refractivity contribution in [3.8, 4) is 0 Å². The molecular weight excluding hydrogens is 298 g/mol. The Labute approximate surface area is 142 Å². The lowest BCUT2D eigenvalue weighted by Gasteiger charge is -2.29. The molecule has 1 fully saturated rings. The van der Waals surface area contributed by atoms with Gasteiger partial charge in [-0.1, -0.05) is 12.1 Å². The van der Waals surface area contributed by atoms with Crippen molar-refractivity contribution >= 4 is 22.4 Å². The van der Waals surface area contributed by atoms with Gasteiger partial charge in [-0.05, 0) is 43.3 Å². The highest BCUT2D eigenvalue weighted by Crippen LogP contribution is 2.23. The van der Waals surface area contributed by atoms with Crippen LogP contribution in [0.2, 0.25) is 0 Å². The molecule has 2 aromatic carbocycles. The van der Waals surface area contributed by atoms with Gasteiger partial charge < -0.3 is 20.5 Å². The summed E-state index contributed by atoms with van der Waals surface area (Å²) in [7, 11) is 0. The fourth-order valence-corrected chi connectivity index (χ4v) is 3.19. The smallest absolute Gasteiger partial charge is 0.129 e. The number of imidazole rings is 1. The van der Waals surface area contributed by atoms with Crippen LogP contribution in [-0.4, -0.2) is 36.1 Å². The van der Waals surface area contributed by atoms with Crippen molar-refractivity contribution in [2.45, 2.75) is 13.0 Å². The quantitative estimate of drug-likeness (QED) is 0.691. The van der Waals surface area contributed by atoms with Gasteiger partial charge >= 0.3 is 0 Å². The molecule has 0 radical (unpaired) electrons. The number of aromatic amines is 1.